The van der Waals surface area contributed by atoms with E-state index in [4.69, 9.17) is 0 Å². The minimum atomic E-state index is -1.14. The number of hydrogen-bond acceptors (Lipinski definition) is 3. The summed E-state index contributed by atoms with van der Waals surface area (Å²) in [4.78, 5) is 0. The monoisotopic (exact) mass is 299 g/mol. The largest absolute Gasteiger partial charge is 0.394 e. The second kappa shape index (κ2) is 6.81. The van der Waals surface area contributed by atoms with Crippen LogP contribution in [0.15, 0.2) is 18.2 Å². The van der Waals surface area contributed by atoms with Gasteiger partial charge in [0.1, 0.15) is 11.6 Å². The van der Waals surface area contributed by atoms with Gasteiger partial charge in [-0.3, -0.25) is 0 Å². The summed E-state index contributed by atoms with van der Waals surface area (Å²) in [5.74, 6) is -0.563. The molecule has 3 N–H and O–H groups in total. The molecule has 1 aliphatic rings. The Labute approximate surface area is 124 Å². The Kier molecular flexibility index (Phi) is 5.30. The van der Waals surface area contributed by atoms with Crippen molar-refractivity contribution in [2.45, 2.75) is 44.2 Å². The SMILES string of the molecule is CC1CCC(CO)(NCC(O)c2cc(F)ccc2F)CC1. The van der Waals surface area contributed by atoms with E-state index in [0.29, 0.717) is 5.92 Å². The second-order valence-electron chi connectivity index (χ2n) is 6.18. The topological polar surface area (TPSA) is 52.5 Å². The summed E-state index contributed by atoms with van der Waals surface area (Å²) in [6, 6.07) is 3.05. The van der Waals surface area contributed by atoms with Crippen LogP contribution >= 0.6 is 0 Å². The van der Waals surface area contributed by atoms with Crippen LogP contribution in [0.5, 0.6) is 0 Å². The van der Waals surface area contributed by atoms with Crippen LogP contribution in [0, 0.1) is 17.6 Å². The first-order valence-corrected chi connectivity index (χ1v) is 7.45. The zero-order valence-electron chi connectivity index (χ0n) is 12.3. The predicted octanol–water partition coefficient (Wildman–Crippen LogP) is 2.53. The Morgan fingerprint density at radius 1 is 1.33 bits per heavy atom. The Hall–Kier alpha value is -1.04. The minimum Gasteiger partial charge on any atom is -0.394 e. The fourth-order valence-electron chi connectivity index (χ4n) is 2.90. The first-order valence-electron chi connectivity index (χ1n) is 7.45. The van der Waals surface area contributed by atoms with E-state index in [1.807, 2.05) is 0 Å². The van der Waals surface area contributed by atoms with Gasteiger partial charge in [0.2, 0.25) is 0 Å². The van der Waals surface area contributed by atoms with Gasteiger partial charge >= 0.3 is 0 Å². The Morgan fingerprint density at radius 2 is 2.00 bits per heavy atom. The molecular formula is C16H23F2NO2. The number of β-amino-alcohol motifs (C(OH)–C–C–N with tert-alkyl or cyclic N) is 1. The summed E-state index contributed by atoms with van der Waals surface area (Å²) in [5.41, 5.74) is -0.475. The van der Waals surface area contributed by atoms with Crippen molar-refractivity contribution in [3.63, 3.8) is 0 Å². The van der Waals surface area contributed by atoms with Gasteiger partial charge in [-0.25, -0.2) is 8.78 Å². The van der Waals surface area contributed by atoms with E-state index in [2.05, 4.69) is 12.2 Å². The number of halogens is 2. The molecule has 0 saturated heterocycles. The molecule has 0 heterocycles. The van der Waals surface area contributed by atoms with Gasteiger partial charge in [-0.2, -0.15) is 0 Å². The molecule has 118 valence electrons. The smallest absolute Gasteiger partial charge is 0.129 e. The summed E-state index contributed by atoms with van der Waals surface area (Å²) in [6.07, 6.45) is 2.53. The zero-order chi connectivity index (χ0) is 15.5. The molecule has 0 aliphatic heterocycles. The van der Waals surface area contributed by atoms with Gasteiger partial charge in [-0.05, 0) is 49.8 Å². The van der Waals surface area contributed by atoms with E-state index in [1.165, 1.54) is 0 Å². The van der Waals surface area contributed by atoms with Crippen LogP contribution < -0.4 is 5.32 Å². The van der Waals surface area contributed by atoms with Crippen molar-refractivity contribution in [1.82, 2.24) is 5.32 Å². The van der Waals surface area contributed by atoms with Crippen molar-refractivity contribution >= 4 is 0 Å². The highest BCUT2D eigenvalue weighted by Gasteiger charge is 2.33. The van der Waals surface area contributed by atoms with Gasteiger partial charge in [-0.15, -0.1) is 0 Å². The lowest BCUT2D eigenvalue weighted by Crippen LogP contribution is -2.52. The van der Waals surface area contributed by atoms with Crippen LogP contribution in [0.4, 0.5) is 8.78 Å². The molecular weight excluding hydrogens is 276 g/mol. The van der Waals surface area contributed by atoms with Crippen LogP contribution in [0.3, 0.4) is 0 Å². The van der Waals surface area contributed by atoms with E-state index in [9.17, 15) is 19.0 Å². The van der Waals surface area contributed by atoms with Crippen LogP contribution in [0.25, 0.3) is 0 Å². The van der Waals surface area contributed by atoms with Crippen molar-refractivity contribution in [2.24, 2.45) is 5.92 Å². The van der Waals surface area contributed by atoms with Crippen molar-refractivity contribution in [3.8, 4) is 0 Å². The van der Waals surface area contributed by atoms with E-state index in [0.717, 1.165) is 43.9 Å². The highest BCUT2D eigenvalue weighted by molar-refractivity contribution is 5.21. The molecule has 3 nitrogen and oxygen atoms in total. The maximum absolute atomic E-state index is 13.6. The maximum Gasteiger partial charge on any atom is 0.129 e. The molecule has 0 radical (unpaired) electrons. The first kappa shape index (κ1) is 16.3. The molecule has 1 atom stereocenters. The lowest BCUT2D eigenvalue weighted by molar-refractivity contribution is 0.0826. The molecule has 1 aromatic rings. The van der Waals surface area contributed by atoms with Crippen molar-refractivity contribution in [1.29, 1.82) is 0 Å². The summed E-state index contributed by atoms with van der Waals surface area (Å²) in [7, 11) is 0. The molecule has 0 spiro atoms. The Balaban J connectivity index is 1.99. The summed E-state index contributed by atoms with van der Waals surface area (Å²) in [5, 5.41) is 22.9. The maximum atomic E-state index is 13.6. The van der Waals surface area contributed by atoms with Gasteiger partial charge in [0, 0.05) is 17.6 Å². The van der Waals surface area contributed by atoms with Crippen LogP contribution in [0.2, 0.25) is 0 Å². The highest BCUT2D eigenvalue weighted by atomic mass is 19.1. The Morgan fingerprint density at radius 3 is 2.62 bits per heavy atom. The number of aliphatic hydroxyl groups excluding tert-OH is 2. The molecule has 1 fully saturated rings. The second-order valence-corrected chi connectivity index (χ2v) is 6.18. The number of nitrogens with one attached hydrogen (secondary N) is 1. The number of benzene rings is 1. The number of hydrogen-bond donors (Lipinski definition) is 3. The third kappa shape index (κ3) is 3.99. The first-order chi connectivity index (χ1) is 9.96. The normalized spacial score (nSPS) is 27.6. The van der Waals surface area contributed by atoms with E-state index >= 15 is 0 Å². The Bertz CT molecular complexity index is 473. The molecule has 21 heavy (non-hydrogen) atoms. The lowest BCUT2D eigenvalue weighted by Gasteiger charge is -2.39. The molecule has 0 amide bonds. The third-order valence-electron chi connectivity index (χ3n) is 4.52. The van der Waals surface area contributed by atoms with Gasteiger partial charge in [-0.1, -0.05) is 6.92 Å². The van der Waals surface area contributed by atoms with Gasteiger partial charge in [0.25, 0.3) is 0 Å². The molecule has 0 bridgehead atoms. The van der Waals surface area contributed by atoms with E-state index < -0.39 is 23.3 Å². The van der Waals surface area contributed by atoms with E-state index in [1.54, 1.807) is 0 Å². The quantitative estimate of drug-likeness (QED) is 0.783. The number of rotatable bonds is 5. The van der Waals surface area contributed by atoms with E-state index in [-0.39, 0.29) is 18.7 Å². The lowest BCUT2D eigenvalue weighted by atomic mass is 9.77. The molecule has 1 aromatic carbocycles. The third-order valence-corrected chi connectivity index (χ3v) is 4.52. The van der Waals surface area contributed by atoms with Gasteiger partial charge in [0.05, 0.1) is 12.7 Å². The zero-order valence-corrected chi connectivity index (χ0v) is 12.3. The molecule has 5 heteroatoms. The molecule has 0 aromatic heterocycles. The van der Waals surface area contributed by atoms with Crippen molar-refractivity contribution < 1.29 is 19.0 Å². The van der Waals surface area contributed by atoms with Gasteiger partial charge < -0.3 is 15.5 Å². The fourth-order valence-corrected chi connectivity index (χ4v) is 2.90. The molecule has 1 saturated carbocycles. The van der Waals surface area contributed by atoms with Crippen molar-refractivity contribution in [3.05, 3.63) is 35.4 Å². The van der Waals surface area contributed by atoms with Crippen LogP contribution in [-0.2, 0) is 0 Å². The molecule has 2 rings (SSSR count). The summed E-state index contributed by atoms with van der Waals surface area (Å²) >= 11 is 0. The molecule has 1 aliphatic carbocycles. The van der Waals surface area contributed by atoms with Crippen molar-refractivity contribution in [2.75, 3.05) is 13.2 Å². The highest BCUT2D eigenvalue weighted by Crippen LogP contribution is 2.32. The number of aliphatic hydroxyl groups is 2. The minimum absolute atomic E-state index is 0.0158. The van der Waals surface area contributed by atoms with Crippen LogP contribution in [0.1, 0.15) is 44.3 Å². The summed E-state index contributed by atoms with van der Waals surface area (Å²) in [6.45, 7) is 2.26. The van der Waals surface area contributed by atoms with Crippen LogP contribution in [-0.4, -0.2) is 28.9 Å². The van der Waals surface area contributed by atoms with Gasteiger partial charge in [0.15, 0.2) is 0 Å². The standard InChI is InChI=1S/C16H23F2NO2/c1-11-4-6-16(10-20,7-5-11)19-9-15(21)13-8-12(17)2-3-14(13)18/h2-3,8,11,15,19-21H,4-7,9-10H2,1H3. The average Bonchev–Trinajstić information content (AvgIpc) is 2.49. The molecule has 1 unspecified atom stereocenters. The predicted molar refractivity (Wildman–Crippen MR) is 76.8 cm³/mol. The summed E-state index contributed by atoms with van der Waals surface area (Å²) < 4.78 is 26.8. The average molecular weight is 299 g/mol. The fraction of sp³-hybridized carbons (Fsp3) is 0.625.